The maximum absolute atomic E-state index is 12.9. The average Bonchev–Trinajstić information content (AvgIpc) is 2.89. The van der Waals surface area contributed by atoms with Gasteiger partial charge in [0.15, 0.2) is 0 Å². The van der Waals surface area contributed by atoms with E-state index in [1.165, 1.54) is 12.0 Å². The Hall–Kier alpha value is -2.36. The van der Waals surface area contributed by atoms with Crippen LogP contribution in [-0.2, 0) is 19.4 Å². The van der Waals surface area contributed by atoms with Crippen LogP contribution in [0.4, 0.5) is 0 Å². The van der Waals surface area contributed by atoms with Crippen LogP contribution in [0.25, 0.3) is 5.52 Å². The first kappa shape index (κ1) is 13.3. The van der Waals surface area contributed by atoms with Crippen LogP contribution in [0.2, 0.25) is 0 Å². The van der Waals surface area contributed by atoms with E-state index >= 15 is 0 Å². The Kier molecular flexibility index (Phi) is 3.10. The molecular formula is C18H19N3O. The molecule has 1 aliphatic rings. The van der Waals surface area contributed by atoms with Crippen LogP contribution in [0.1, 0.15) is 35.2 Å². The molecule has 0 radical (unpaired) electrons. The second-order valence-electron chi connectivity index (χ2n) is 6.15. The molecule has 4 nitrogen and oxygen atoms in total. The topological polar surface area (TPSA) is 39.3 Å². The summed E-state index contributed by atoms with van der Waals surface area (Å²) in [5.74, 6) is 0. The van der Waals surface area contributed by atoms with E-state index in [2.05, 4.69) is 30.2 Å². The van der Waals surface area contributed by atoms with Gasteiger partial charge in [-0.2, -0.15) is 5.10 Å². The summed E-state index contributed by atoms with van der Waals surface area (Å²) in [6.45, 7) is 2.68. The van der Waals surface area contributed by atoms with Crippen LogP contribution in [-0.4, -0.2) is 14.2 Å². The zero-order valence-corrected chi connectivity index (χ0v) is 12.7. The molecule has 0 atom stereocenters. The Labute approximate surface area is 129 Å². The lowest BCUT2D eigenvalue weighted by atomic mass is 9.97. The van der Waals surface area contributed by atoms with Crippen molar-refractivity contribution in [1.29, 1.82) is 0 Å². The summed E-state index contributed by atoms with van der Waals surface area (Å²) in [5, 5.41) is 4.58. The Balaban J connectivity index is 1.82. The summed E-state index contributed by atoms with van der Waals surface area (Å²) in [4.78, 5) is 12.9. The third-order valence-electron chi connectivity index (χ3n) is 4.47. The van der Waals surface area contributed by atoms with Crippen molar-refractivity contribution in [3.05, 3.63) is 69.4 Å². The van der Waals surface area contributed by atoms with E-state index in [4.69, 9.17) is 0 Å². The molecule has 4 heteroatoms. The summed E-state index contributed by atoms with van der Waals surface area (Å²) in [6, 6.07) is 8.30. The van der Waals surface area contributed by atoms with Gasteiger partial charge in [-0.1, -0.05) is 29.8 Å². The maximum atomic E-state index is 12.9. The molecule has 0 spiro atoms. The van der Waals surface area contributed by atoms with Crippen LogP contribution in [0, 0.1) is 6.92 Å². The minimum atomic E-state index is 0.0691. The molecular weight excluding hydrogens is 274 g/mol. The number of rotatable bonds is 2. The number of aromatic nitrogens is 3. The summed E-state index contributed by atoms with van der Waals surface area (Å²) in [5.41, 5.74) is 5.48. The van der Waals surface area contributed by atoms with E-state index < -0.39 is 0 Å². The third-order valence-corrected chi connectivity index (χ3v) is 4.47. The lowest BCUT2D eigenvalue weighted by Gasteiger charge is -2.10. The monoisotopic (exact) mass is 293 g/mol. The summed E-state index contributed by atoms with van der Waals surface area (Å²) >= 11 is 0. The zero-order valence-electron chi connectivity index (χ0n) is 12.7. The quantitative estimate of drug-likeness (QED) is 0.729. The first-order valence-electron chi connectivity index (χ1n) is 7.87. The molecule has 0 unspecified atom stereocenters. The highest BCUT2D eigenvalue weighted by molar-refractivity contribution is 5.55. The number of nitrogens with zero attached hydrogens (tertiary/aromatic N) is 3. The zero-order chi connectivity index (χ0) is 15.1. The van der Waals surface area contributed by atoms with Gasteiger partial charge in [-0.15, -0.1) is 0 Å². The van der Waals surface area contributed by atoms with Crippen molar-refractivity contribution in [2.75, 3.05) is 0 Å². The molecule has 1 aliphatic carbocycles. The molecule has 2 heterocycles. The van der Waals surface area contributed by atoms with Gasteiger partial charge in [-0.25, -0.2) is 4.52 Å². The van der Waals surface area contributed by atoms with Gasteiger partial charge in [-0.3, -0.25) is 4.79 Å². The molecule has 0 fully saturated rings. The van der Waals surface area contributed by atoms with Gasteiger partial charge in [-0.05, 0) is 38.2 Å². The maximum Gasteiger partial charge on any atom is 0.277 e. The van der Waals surface area contributed by atoms with Crippen LogP contribution in [0.15, 0.2) is 41.5 Å². The van der Waals surface area contributed by atoms with Gasteiger partial charge in [0.05, 0.1) is 12.2 Å². The molecule has 22 heavy (non-hydrogen) atoms. The van der Waals surface area contributed by atoms with Crippen molar-refractivity contribution in [2.24, 2.45) is 0 Å². The van der Waals surface area contributed by atoms with E-state index in [1.807, 2.05) is 18.5 Å². The lowest BCUT2D eigenvalue weighted by molar-refractivity contribution is 0.673. The fraction of sp³-hybridized carbons (Fsp3) is 0.333. The van der Waals surface area contributed by atoms with Crippen molar-refractivity contribution < 1.29 is 0 Å². The van der Waals surface area contributed by atoms with E-state index in [0.717, 1.165) is 41.6 Å². The van der Waals surface area contributed by atoms with Gasteiger partial charge in [0.25, 0.3) is 5.56 Å². The largest absolute Gasteiger partial charge is 0.308 e. The molecule has 4 rings (SSSR count). The molecule has 0 N–H and O–H groups in total. The molecule has 112 valence electrons. The Bertz CT molecular complexity index is 904. The normalized spacial score (nSPS) is 14.2. The molecule has 0 bridgehead atoms. The second kappa shape index (κ2) is 5.13. The molecule has 0 aliphatic heterocycles. The van der Waals surface area contributed by atoms with E-state index in [9.17, 15) is 4.79 Å². The Morgan fingerprint density at radius 2 is 2.05 bits per heavy atom. The summed E-state index contributed by atoms with van der Waals surface area (Å²) < 4.78 is 3.56. The Morgan fingerprint density at radius 1 is 1.18 bits per heavy atom. The van der Waals surface area contributed by atoms with Crippen molar-refractivity contribution >= 4 is 5.52 Å². The van der Waals surface area contributed by atoms with Gasteiger partial charge < -0.3 is 4.57 Å². The Morgan fingerprint density at radius 3 is 2.91 bits per heavy atom. The molecule has 2 aromatic heterocycles. The van der Waals surface area contributed by atoms with Gasteiger partial charge in [0.1, 0.15) is 5.52 Å². The van der Waals surface area contributed by atoms with Crippen molar-refractivity contribution in [3.63, 3.8) is 0 Å². The van der Waals surface area contributed by atoms with Crippen LogP contribution < -0.4 is 5.56 Å². The van der Waals surface area contributed by atoms with Crippen LogP contribution in [0.5, 0.6) is 0 Å². The fourth-order valence-electron chi connectivity index (χ4n) is 3.39. The highest BCUT2D eigenvalue weighted by Gasteiger charge is 2.19. The molecule has 1 aromatic carbocycles. The SMILES string of the molecule is Cc1cccc(Cn2ccn3nc4c(c3c2=O)CCCC4)c1. The van der Waals surface area contributed by atoms with Crippen LogP contribution in [0.3, 0.4) is 0 Å². The third kappa shape index (κ3) is 2.15. The van der Waals surface area contributed by atoms with Gasteiger partial charge >= 0.3 is 0 Å². The number of hydrogen-bond donors (Lipinski definition) is 0. The number of fused-ring (bicyclic) bond motifs is 3. The van der Waals surface area contributed by atoms with E-state index in [-0.39, 0.29) is 5.56 Å². The minimum absolute atomic E-state index is 0.0691. The molecule has 0 saturated carbocycles. The minimum Gasteiger partial charge on any atom is -0.308 e. The summed E-state index contributed by atoms with van der Waals surface area (Å²) in [7, 11) is 0. The fourth-order valence-corrected chi connectivity index (χ4v) is 3.39. The average molecular weight is 293 g/mol. The highest BCUT2D eigenvalue weighted by Crippen LogP contribution is 2.22. The van der Waals surface area contributed by atoms with E-state index in [1.54, 1.807) is 9.08 Å². The second-order valence-corrected chi connectivity index (χ2v) is 6.15. The van der Waals surface area contributed by atoms with E-state index in [0.29, 0.717) is 6.54 Å². The summed E-state index contributed by atoms with van der Waals surface area (Å²) in [6.07, 6.45) is 8.05. The molecule has 0 saturated heterocycles. The number of hydrogen-bond acceptors (Lipinski definition) is 2. The van der Waals surface area contributed by atoms with Gasteiger partial charge in [0.2, 0.25) is 0 Å². The predicted octanol–water partition coefficient (Wildman–Crippen LogP) is 2.73. The standard InChI is InChI=1S/C18H19N3O/c1-13-5-4-6-14(11-13)12-20-9-10-21-17(18(20)22)15-7-2-3-8-16(15)19-21/h4-6,9-11H,2-3,7-8,12H2,1H3. The van der Waals surface area contributed by atoms with Crippen LogP contribution >= 0.6 is 0 Å². The smallest absolute Gasteiger partial charge is 0.277 e. The molecule has 0 amide bonds. The number of aryl methyl sites for hydroxylation is 3. The number of benzene rings is 1. The van der Waals surface area contributed by atoms with Crippen molar-refractivity contribution in [1.82, 2.24) is 14.2 Å². The van der Waals surface area contributed by atoms with Crippen molar-refractivity contribution in [3.8, 4) is 0 Å². The lowest BCUT2D eigenvalue weighted by Crippen LogP contribution is -2.22. The first-order valence-corrected chi connectivity index (χ1v) is 7.87. The van der Waals surface area contributed by atoms with Crippen molar-refractivity contribution in [2.45, 2.75) is 39.2 Å². The van der Waals surface area contributed by atoms with Gasteiger partial charge in [0, 0.05) is 18.0 Å². The highest BCUT2D eigenvalue weighted by atomic mass is 16.1. The molecule has 3 aromatic rings. The first-order chi connectivity index (χ1) is 10.7. The predicted molar refractivity (Wildman–Crippen MR) is 86.4 cm³/mol.